The Morgan fingerprint density at radius 1 is 1.22 bits per heavy atom. The minimum absolute atomic E-state index is 0.0552. The second kappa shape index (κ2) is 9.57. The van der Waals surface area contributed by atoms with E-state index in [4.69, 9.17) is 9.15 Å². The van der Waals surface area contributed by atoms with Crippen LogP contribution in [0, 0.1) is 5.92 Å². The lowest BCUT2D eigenvalue weighted by molar-refractivity contribution is -0.138. The van der Waals surface area contributed by atoms with Gasteiger partial charge in [0.2, 0.25) is 11.7 Å². The third-order valence-corrected chi connectivity index (χ3v) is 7.54. The number of amides is 2. The Hall–Kier alpha value is -2.82. The van der Waals surface area contributed by atoms with Gasteiger partial charge in [-0.2, -0.15) is 18.3 Å². The SMILES string of the molecule is CC(=O)N1CCC(Cn2cc3c(n2)-c2c(oc(C(=O)NC[C@@H]4CCCO4)c2C(F)(F)F)C[C@H]3C)CC1. The van der Waals surface area contributed by atoms with Crippen LogP contribution >= 0.6 is 0 Å². The molecule has 11 heteroatoms. The number of carbonyl (C=O) groups is 2. The van der Waals surface area contributed by atoms with Crippen molar-refractivity contribution in [1.29, 1.82) is 0 Å². The molecule has 5 rings (SSSR count). The van der Waals surface area contributed by atoms with Crippen molar-refractivity contribution in [3.8, 4) is 11.3 Å². The van der Waals surface area contributed by atoms with Crippen LogP contribution in [0.4, 0.5) is 13.2 Å². The topological polar surface area (TPSA) is 89.6 Å². The fourth-order valence-electron chi connectivity index (χ4n) is 5.56. The van der Waals surface area contributed by atoms with Crippen molar-refractivity contribution in [2.75, 3.05) is 26.2 Å². The summed E-state index contributed by atoms with van der Waals surface area (Å²) in [6, 6.07) is 0. The maximum atomic E-state index is 14.3. The minimum atomic E-state index is -4.78. The highest BCUT2D eigenvalue weighted by Crippen LogP contribution is 2.48. The van der Waals surface area contributed by atoms with E-state index >= 15 is 0 Å². The molecule has 36 heavy (non-hydrogen) atoms. The van der Waals surface area contributed by atoms with Crippen LogP contribution in [-0.4, -0.2) is 58.8 Å². The summed E-state index contributed by atoms with van der Waals surface area (Å²) < 4.78 is 55.7. The van der Waals surface area contributed by atoms with Crippen molar-refractivity contribution in [3.05, 3.63) is 28.8 Å². The number of ether oxygens (including phenoxy) is 1. The normalized spacial score (nSPS) is 22.4. The molecule has 196 valence electrons. The van der Waals surface area contributed by atoms with Crippen molar-refractivity contribution in [3.63, 3.8) is 0 Å². The molecule has 2 atom stereocenters. The maximum absolute atomic E-state index is 14.3. The number of nitrogens with zero attached hydrogens (tertiary/aromatic N) is 3. The molecule has 2 fully saturated rings. The lowest BCUT2D eigenvalue weighted by atomic mass is 9.86. The number of nitrogens with one attached hydrogen (secondary N) is 1. The van der Waals surface area contributed by atoms with Crippen LogP contribution in [0.2, 0.25) is 0 Å². The maximum Gasteiger partial charge on any atom is 0.420 e. The Bertz CT molecular complexity index is 1140. The molecule has 0 unspecified atom stereocenters. The number of aromatic nitrogens is 2. The Morgan fingerprint density at radius 3 is 2.61 bits per heavy atom. The number of halogens is 3. The van der Waals surface area contributed by atoms with E-state index in [2.05, 4.69) is 10.4 Å². The number of hydrogen-bond acceptors (Lipinski definition) is 5. The summed E-state index contributed by atoms with van der Waals surface area (Å²) >= 11 is 0. The van der Waals surface area contributed by atoms with Crippen LogP contribution in [0.3, 0.4) is 0 Å². The van der Waals surface area contributed by atoms with Crippen molar-refractivity contribution < 1.29 is 31.9 Å². The highest BCUT2D eigenvalue weighted by molar-refractivity contribution is 5.96. The summed E-state index contributed by atoms with van der Waals surface area (Å²) in [6.07, 6.45) is 0.360. The van der Waals surface area contributed by atoms with Gasteiger partial charge in [-0.15, -0.1) is 0 Å². The average molecular weight is 509 g/mol. The van der Waals surface area contributed by atoms with Crippen molar-refractivity contribution >= 4 is 11.8 Å². The van der Waals surface area contributed by atoms with Gasteiger partial charge in [0.25, 0.3) is 5.91 Å². The van der Waals surface area contributed by atoms with Gasteiger partial charge in [0, 0.05) is 57.9 Å². The van der Waals surface area contributed by atoms with Gasteiger partial charge in [0.05, 0.1) is 17.4 Å². The molecule has 8 nitrogen and oxygen atoms in total. The number of rotatable bonds is 5. The first-order valence-corrected chi connectivity index (χ1v) is 12.6. The van der Waals surface area contributed by atoms with Gasteiger partial charge in [-0.3, -0.25) is 14.3 Å². The van der Waals surface area contributed by atoms with Gasteiger partial charge in [-0.25, -0.2) is 0 Å². The monoisotopic (exact) mass is 508 g/mol. The van der Waals surface area contributed by atoms with Gasteiger partial charge in [-0.1, -0.05) is 6.92 Å². The van der Waals surface area contributed by atoms with Gasteiger partial charge in [0.15, 0.2) is 0 Å². The highest BCUT2D eigenvalue weighted by atomic mass is 19.4. The zero-order valence-electron chi connectivity index (χ0n) is 20.5. The quantitative estimate of drug-likeness (QED) is 0.660. The summed E-state index contributed by atoms with van der Waals surface area (Å²) in [4.78, 5) is 26.2. The van der Waals surface area contributed by atoms with E-state index in [1.807, 2.05) is 18.0 Å². The average Bonchev–Trinajstić information content (AvgIpc) is 3.55. The molecule has 2 saturated heterocycles. The fraction of sp³-hybridized carbons (Fsp3) is 0.640. The lowest BCUT2D eigenvalue weighted by Gasteiger charge is -2.31. The second-order valence-electron chi connectivity index (χ2n) is 10.2. The fourth-order valence-corrected chi connectivity index (χ4v) is 5.56. The molecular formula is C25H31F3N4O4. The van der Waals surface area contributed by atoms with Gasteiger partial charge in [0.1, 0.15) is 11.3 Å². The molecule has 2 aromatic rings. The third-order valence-electron chi connectivity index (χ3n) is 7.54. The summed E-state index contributed by atoms with van der Waals surface area (Å²) in [5.74, 6) is -1.22. The highest BCUT2D eigenvalue weighted by Gasteiger charge is 2.46. The van der Waals surface area contributed by atoms with Crippen molar-refractivity contribution in [2.24, 2.45) is 5.92 Å². The van der Waals surface area contributed by atoms with Crippen LogP contribution < -0.4 is 5.32 Å². The number of carbonyl (C=O) groups excluding carboxylic acids is 2. The molecule has 2 amide bonds. The molecule has 1 N–H and O–H groups in total. The smallest absolute Gasteiger partial charge is 0.420 e. The predicted octanol–water partition coefficient (Wildman–Crippen LogP) is 3.99. The zero-order valence-corrected chi connectivity index (χ0v) is 20.5. The van der Waals surface area contributed by atoms with E-state index in [-0.39, 0.29) is 53.8 Å². The van der Waals surface area contributed by atoms with Crippen molar-refractivity contribution in [1.82, 2.24) is 20.0 Å². The van der Waals surface area contributed by atoms with E-state index < -0.39 is 23.4 Å². The van der Waals surface area contributed by atoms with E-state index in [0.717, 1.165) is 31.2 Å². The van der Waals surface area contributed by atoms with Crippen LogP contribution in [0.5, 0.6) is 0 Å². The molecule has 1 aliphatic carbocycles. The first kappa shape index (κ1) is 24.9. The number of likely N-dealkylation sites (tertiary alicyclic amines) is 1. The van der Waals surface area contributed by atoms with Crippen LogP contribution in [0.1, 0.15) is 72.9 Å². The first-order valence-electron chi connectivity index (χ1n) is 12.6. The molecule has 4 heterocycles. The Kier molecular flexibility index (Phi) is 6.61. The van der Waals surface area contributed by atoms with Crippen LogP contribution in [0.25, 0.3) is 11.3 Å². The molecule has 0 radical (unpaired) electrons. The Morgan fingerprint density at radius 2 is 1.97 bits per heavy atom. The van der Waals surface area contributed by atoms with E-state index in [0.29, 0.717) is 26.2 Å². The number of hydrogen-bond donors (Lipinski definition) is 1. The predicted molar refractivity (Wildman–Crippen MR) is 123 cm³/mol. The summed E-state index contributed by atoms with van der Waals surface area (Å²) in [5, 5.41) is 7.13. The summed E-state index contributed by atoms with van der Waals surface area (Å²) in [7, 11) is 0. The zero-order chi connectivity index (χ0) is 25.6. The summed E-state index contributed by atoms with van der Waals surface area (Å²) in [6.45, 7) is 6.11. The van der Waals surface area contributed by atoms with Gasteiger partial charge < -0.3 is 19.4 Å². The molecule has 0 bridgehead atoms. The standard InChI is InChI=1S/C25H31F3N4O4/c1-14-10-19-20(21(25(26,27)28)23(36-19)24(34)29-11-17-4-3-9-35-17)22-18(14)13-32(30-22)12-16-5-7-31(8-6-16)15(2)33/h13-14,16-17H,3-12H2,1-2H3,(H,29,34)/t14-,17+/m1/s1. The van der Waals surface area contributed by atoms with Gasteiger partial charge >= 0.3 is 6.18 Å². The molecule has 2 aliphatic heterocycles. The Labute approximate surface area is 207 Å². The number of fused-ring (bicyclic) bond motifs is 3. The lowest BCUT2D eigenvalue weighted by Crippen LogP contribution is -2.38. The van der Waals surface area contributed by atoms with Crippen LogP contribution in [0.15, 0.2) is 10.6 Å². The number of piperidine rings is 1. The molecule has 0 aromatic carbocycles. The van der Waals surface area contributed by atoms with E-state index in [1.165, 1.54) is 0 Å². The minimum Gasteiger partial charge on any atom is -0.455 e. The third kappa shape index (κ3) is 4.77. The molecule has 0 saturated carbocycles. The molecule has 0 spiro atoms. The second-order valence-corrected chi connectivity index (χ2v) is 10.2. The largest absolute Gasteiger partial charge is 0.455 e. The van der Waals surface area contributed by atoms with Crippen molar-refractivity contribution in [2.45, 2.75) is 70.7 Å². The molecular weight excluding hydrogens is 477 g/mol. The van der Waals surface area contributed by atoms with E-state index in [9.17, 15) is 22.8 Å². The van der Waals surface area contributed by atoms with E-state index in [1.54, 1.807) is 11.6 Å². The summed E-state index contributed by atoms with van der Waals surface area (Å²) in [5.41, 5.74) is -0.223. The molecule has 3 aliphatic rings. The van der Waals surface area contributed by atoms with Gasteiger partial charge in [-0.05, 0) is 37.5 Å². The number of furan rings is 1. The molecule has 2 aromatic heterocycles. The first-order chi connectivity index (χ1) is 17.1. The number of alkyl halides is 3. The van der Waals surface area contributed by atoms with Crippen LogP contribution in [-0.2, 0) is 28.7 Å². The Balaban J connectivity index is 1.42.